The number of hydrogen-bond donors (Lipinski definition) is 1. The number of aryl methyl sites for hydroxylation is 1. The molecule has 0 aliphatic carbocycles. The van der Waals surface area contributed by atoms with Gasteiger partial charge in [-0.3, -0.25) is 0 Å². The molecule has 0 fully saturated rings. The van der Waals surface area contributed by atoms with E-state index in [-0.39, 0.29) is 6.04 Å². The summed E-state index contributed by atoms with van der Waals surface area (Å²) < 4.78 is 0. The molecular formula is C14H18N2S. The van der Waals surface area contributed by atoms with Gasteiger partial charge in [-0.2, -0.15) is 0 Å². The minimum absolute atomic E-state index is 0.223. The highest BCUT2D eigenvalue weighted by Gasteiger charge is 2.14. The molecule has 0 saturated heterocycles. The minimum atomic E-state index is 0.223. The molecular weight excluding hydrogens is 228 g/mol. The summed E-state index contributed by atoms with van der Waals surface area (Å²) in [6.07, 6.45) is 1.13. The lowest BCUT2D eigenvalue weighted by Gasteiger charge is -2.17. The number of nitrogens with zero attached hydrogens (tertiary/aromatic N) is 1. The van der Waals surface area contributed by atoms with E-state index < -0.39 is 0 Å². The van der Waals surface area contributed by atoms with E-state index in [2.05, 4.69) is 53.8 Å². The molecule has 0 saturated carbocycles. The first kappa shape index (κ1) is 12.3. The zero-order valence-corrected chi connectivity index (χ0v) is 11.1. The number of rotatable bonds is 5. The van der Waals surface area contributed by atoms with E-state index in [0.717, 1.165) is 18.7 Å². The Hall–Kier alpha value is -1.19. The highest BCUT2D eigenvalue weighted by Crippen LogP contribution is 2.22. The predicted octanol–water partition coefficient (Wildman–Crippen LogP) is 3.54. The molecule has 2 aromatic rings. The Morgan fingerprint density at radius 2 is 2.29 bits per heavy atom. The fourth-order valence-electron chi connectivity index (χ4n) is 1.90. The number of nitrogens with one attached hydrogen (secondary N) is 1. The van der Waals surface area contributed by atoms with Crippen LogP contribution < -0.4 is 5.32 Å². The van der Waals surface area contributed by atoms with Crippen molar-refractivity contribution in [1.82, 2.24) is 10.3 Å². The Balaban J connectivity index is 2.27. The zero-order valence-electron chi connectivity index (χ0n) is 10.3. The summed E-state index contributed by atoms with van der Waals surface area (Å²) in [5.41, 5.74) is 5.60. The lowest BCUT2D eigenvalue weighted by molar-refractivity contribution is 0.589. The Morgan fingerprint density at radius 1 is 1.41 bits per heavy atom. The molecule has 0 radical (unpaired) electrons. The molecule has 2 rings (SSSR count). The second-order valence-electron chi connectivity index (χ2n) is 4.21. The summed E-state index contributed by atoms with van der Waals surface area (Å²) in [5, 5.41) is 5.68. The smallest absolute Gasteiger partial charge is 0.0795 e. The van der Waals surface area contributed by atoms with Crippen LogP contribution in [0.3, 0.4) is 0 Å². The van der Waals surface area contributed by atoms with E-state index >= 15 is 0 Å². The SMILES string of the molecule is CCCNC(c1cccc(C)c1)c1cscn1. The van der Waals surface area contributed by atoms with Gasteiger partial charge in [-0.05, 0) is 25.5 Å². The quantitative estimate of drug-likeness (QED) is 0.873. The number of hydrogen-bond acceptors (Lipinski definition) is 3. The average molecular weight is 246 g/mol. The molecule has 0 spiro atoms. The van der Waals surface area contributed by atoms with Crippen molar-refractivity contribution in [3.63, 3.8) is 0 Å². The summed E-state index contributed by atoms with van der Waals surface area (Å²) >= 11 is 1.65. The van der Waals surface area contributed by atoms with Gasteiger partial charge in [0.25, 0.3) is 0 Å². The lowest BCUT2D eigenvalue weighted by atomic mass is 10.0. The second kappa shape index (κ2) is 5.94. The third-order valence-electron chi connectivity index (χ3n) is 2.72. The van der Waals surface area contributed by atoms with E-state index in [9.17, 15) is 0 Å². The van der Waals surface area contributed by atoms with Gasteiger partial charge < -0.3 is 5.32 Å². The fraction of sp³-hybridized carbons (Fsp3) is 0.357. The van der Waals surface area contributed by atoms with E-state index in [1.54, 1.807) is 11.3 Å². The molecule has 1 unspecified atom stereocenters. The summed E-state index contributed by atoms with van der Waals surface area (Å²) in [5.74, 6) is 0. The van der Waals surface area contributed by atoms with Crippen molar-refractivity contribution in [3.8, 4) is 0 Å². The van der Waals surface area contributed by atoms with Crippen molar-refractivity contribution >= 4 is 11.3 Å². The highest BCUT2D eigenvalue weighted by atomic mass is 32.1. The maximum absolute atomic E-state index is 4.43. The molecule has 0 bridgehead atoms. The topological polar surface area (TPSA) is 24.9 Å². The Morgan fingerprint density at radius 3 is 2.94 bits per heavy atom. The van der Waals surface area contributed by atoms with Crippen molar-refractivity contribution in [2.75, 3.05) is 6.54 Å². The molecule has 0 aliphatic rings. The van der Waals surface area contributed by atoms with Gasteiger partial charge in [0, 0.05) is 5.38 Å². The maximum Gasteiger partial charge on any atom is 0.0795 e. The van der Waals surface area contributed by atoms with E-state index in [4.69, 9.17) is 0 Å². The molecule has 2 nitrogen and oxygen atoms in total. The van der Waals surface area contributed by atoms with Crippen LogP contribution in [0.15, 0.2) is 35.2 Å². The summed E-state index contributed by atoms with van der Waals surface area (Å²) in [4.78, 5) is 4.43. The highest BCUT2D eigenvalue weighted by molar-refractivity contribution is 7.07. The van der Waals surface area contributed by atoms with Crippen LogP contribution in [-0.2, 0) is 0 Å². The van der Waals surface area contributed by atoms with Gasteiger partial charge in [0.15, 0.2) is 0 Å². The van der Waals surface area contributed by atoms with Crippen LogP contribution in [0.4, 0.5) is 0 Å². The van der Waals surface area contributed by atoms with Crippen LogP contribution in [-0.4, -0.2) is 11.5 Å². The molecule has 3 heteroatoms. The van der Waals surface area contributed by atoms with E-state index in [0.29, 0.717) is 0 Å². The van der Waals surface area contributed by atoms with Gasteiger partial charge in [0.05, 0.1) is 17.2 Å². The summed E-state index contributed by atoms with van der Waals surface area (Å²) in [7, 11) is 0. The van der Waals surface area contributed by atoms with Gasteiger partial charge in [-0.15, -0.1) is 11.3 Å². The number of thiazole rings is 1. The van der Waals surface area contributed by atoms with Crippen molar-refractivity contribution in [1.29, 1.82) is 0 Å². The van der Waals surface area contributed by atoms with Gasteiger partial charge in [-0.25, -0.2) is 4.98 Å². The molecule has 1 aromatic heterocycles. The first-order valence-electron chi connectivity index (χ1n) is 5.99. The largest absolute Gasteiger partial charge is 0.305 e. The molecule has 0 aliphatic heterocycles. The van der Waals surface area contributed by atoms with Crippen LogP contribution in [0.5, 0.6) is 0 Å². The Kier molecular flexibility index (Phi) is 4.29. The van der Waals surface area contributed by atoms with Crippen LogP contribution in [0.2, 0.25) is 0 Å². The van der Waals surface area contributed by atoms with Gasteiger partial charge in [0.2, 0.25) is 0 Å². The van der Waals surface area contributed by atoms with Crippen molar-refractivity contribution < 1.29 is 0 Å². The van der Waals surface area contributed by atoms with Crippen LogP contribution in [0, 0.1) is 6.92 Å². The molecule has 1 N–H and O–H groups in total. The van der Waals surface area contributed by atoms with E-state index in [1.807, 2.05) is 5.51 Å². The minimum Gasteiger partial charge on any atom is -0.305 e. The maximum atomic E-state index is 4.43. The molecule has 1 atom stereocenters. The zero-order chi connectivity index (χ0) is 12.1. The fourth-order valence-corrected chi connectivity index (χ4v) is 2.48. The van der Waals surface area contributed by atoms with Gasteiger partial charge in [0.1, 0.15) is 0 Å². The number of benzene rings is 1. The normalized spacial score (nSPS) is 12.6. The monoisotopic (exact) mass is 246 g/mol. The third kappa shape index (κ3) is 3.14. The lowest BCUT2D eigenvalue weighted by Crippen LogP contribution is -2.23. The molecule has 1 heterocycles. The predicted molar refractivity (Wildman–Crippen MR) is 73.4 cm³/mol. The summed E-state index contributed by atoms with van der Waals surface area (Å²) in [6.45, 7) is 5.32. The number of aromatic nitrogens is 1. The Bertz CT molecular complexity index is 451. The first-order chi connectivity index (χ1) is 8.31. The van der Waals surface area contributed by atoms with Crippen molar-refractivity contribution in [3.05, 3.63) is 52.0 Å². The second-order valence-corrected chi connectivity index (χ2v) is 4.93. The van der Waals surface area contributed by atoms with Crippen LogP contribution >= 0.6 is 11.3 Å². The average Bonchev–Trinajstić information content (AvgIpc) is 2.83. The van der Waals surface area contributed by atoms with Gasteiger partial charge >= 0.3 is 0 Å². The third-order valence-corrected chi connectivity index (χ3v) is 3.33. The molecule has 17 heavy (non-hydrogen) atoms. The van der Waals surface area contributed by atoms with Gasteiger partial charge in [-0.1, -0.05) is 36.8 Å². The Labute approximate surface area is 107 Å². The van der Waals surface area contributed by atoms with Crippen molar-refractivity contribution in [2.45, 2.75) is 26.3 Å². The standard InChI is InChI=1S/C14H18N2S/c1-3-7-15-14(13-9-17-10-16-13)12-6-4-5-11(2)8-12/h4-6,8-10,14-15H,3,7H2,1-2H3. The van der Waals surface area contributed by atoms with Crippen LogP contribution in [0.25, 0.3) is 0 Å². The molecule has 90 valence electrons. The van der Waals surface area contributed by atoms with Crippen LogP contribution in [0.1, 0.15) is 36.2 Å². The van der Waals surface area contributed by atoms with E-state index in [1.165, 1.54) is 11.1 Å². The molecule has 0 amide bonds. The first-order valence-corrected chi connectivity index (χ1v) is 6.93. The van der Waals surface area contributed by atoms with Crippen molar-refractivity contribution in [2.24, 2.45) is 0 Å². The molecule has 1 aromatic carbocycles. The summed E-state index contributed by atoms with van der Waals surface area (Å²) in [6, 6.07) is 8.85.